The Morgan fingerprint density at radius 1 is 0.905 bits per heavy atom. The molecular formula is C19H23NO. The Bertz CT molecular complexity index is 561. The van der Waals surface area contributed by atoms with Crippen molar-refractivity contribution in [2.45, 2.75) is 38.1 Å². The molecule has 1 unspecified atom stereocenters. The van der Waals surface area contributed by atoms with Gasteiger partial charge in [0, 0.05) is 11.8 Å². The number of hydrogen-bond donors (Lipinski definition) is 2. The van der Waals surface area contributed by atoms with Crippen LogP contribution in [-0.4, -0.2) is 5.11 Å². The molecule has 0 spiro atoms. The van der Waals surface area contributed by atoms with E-state index in [1.54, 1.807) is 12.1 Å². The van der Waals surface area contributed by atoms with Gasteiger partial charge >= 0.3 is 0 Å². The minimum absolute atomic E-state index is 0.315. The molecule has 1 aliphatic carbocycles. The second-order valence-corrected chi connectivity index (χ2v) is 5.98. The van der Waals surface area contributed by atoms with Crippen molar-refractivity contribution < 1.29 is 5.11 Å². The lowest BCUT2D eigenvalue weighted by Crippen LogP contribution is -2.23. The lowest BCUT2D eigenvalue weighted by molar-refractivity contribution is 0.321. The first-order valence-corrected chi connectivity index (χ1v) is 7.93. The molecule has 0 heterocycles. The number of hydrogen-bond acceptors (Lipinski definition) is 2. The van der Waals surface area contributed by atoms with E-state index in [0.717, 1.165) is 5.69 Å². The van der Waals surface area contributed by atoms with Crippen LogP contribution in [0.15, 0.2) is 54.6 Å². The third-order valence-electron chi connectivity index (χ3n) is 4.45. The summed E-state index contributed by atoms with van der Waals surface area (Å²) in [4.78, 5) is 0. The zero-order chi connectivity index (χ0) is 14.5. The van der Waals surface area contributed by atoms with Crippen LogP contribution in [0.5, 0.6) is 5.75 Å². The fraction of sp³-hybridized carbons (Fsp3) is 0.368. The van der Waals surface area contributed by atoms with Gasteiger partial charge in [-0.15, -0.1) is 0 Å². The lowest BCUT2D eigenvalue weighted by Gasteiger charge is -2.32. The highest BCUT2D eigenvalue weighted by Crippen LogP contribution is 2.37. The van der Waals surface area contributed by atoms with Crippen molar-refractivity contribution in [1.82, 2.24) is 0 Å². The van der Waals surface area contributed by atoms with Crippen molar-refractivity contribution in [1.29, 1.82) is 0 Å². The maximum absolute atomic E-state index is 9.67. The molecule has 0 radical (unpaired) electrons. The summed E-state index contributed by atoms with van der Waals surface area (Å²) in [6.45, 7) is 0. The van der Waals surface area contributed by atoms with Crippen LogP contribution in [0.3, 0.4) is 0 Å². The van der Waals surface area contributed by atoms with Crippen LogP contribution in [0.2, 0.25) is 0 Å². The molecule has 1 saturated carbocycles. The van der Waals surface area contributed by atoms with E-state index in [0.29, 0.717) is 17.7 Å². The van der Waals surface area contributed by atoms with E-state index in [1.807, 2.05) is 12.1 Å². The number of phenolic OH excluding ortho intramolecular Hbond substituents is 1. The summed E-state index contributed by atoms with van der Waals surface area (Å²) in [5.74, 6) is 0.985. The first kappa shape index (κ1) is 14.0. The SMILES string of the molecule is Oc1cccc(NC(c2ccccc2)C2CCCCC2)c1. The smallest absolute Gasteiger partial charge is 0.117 e. The predicted molar refractivity (Wildman–Crippen MR) is 87.5 cm³/mol. The Morgan fingerprint density at radius 2 is 1.67 bits per heavy atom. The Labute approximate surface area is 126 Å². The van der Waals surface area contributed by atoms with Crippen LogP contribution in [0.25, 0.3) is 0 Å². The Balaban J connectivity index is 1.85. The van der Waals surface area contributed by atoms with E-state index >= 15 is 0 Å². The van der Waals surface area contributed by atoms with Gasteiger partial charge in [-0.3, -0.25) is 0 Å². The molecule has 0 bridgehead atoms. The van der Waals surface area contributed by atoms with Gasteiger partial charge in [-0.05, 0) is 36.5 Å². The third-order valence-corrected chi connectivity index (χ3v) is 4.45. The van der Waals surface area contributed by atoms with E-state index in [2.05, 4.69) is 35.6 Å². The monoisotopic (exact) mass is 281 g/mol. The zero-order valence-electron chi connectivity index (χ0n) is 12.3. The molecule has 0 aliphatic heterocycles. The quantitative estimate of drug-likeness (QED) is 0.814. The van der Waals surface area contributed by atoms with Crippen molar-refractivity contribution in [3.8, 4) is 5.75 Å². The molecule has 0 amide bonds. The maximum atomic E-state index is 9.67. The molecular weight excluding hydrogens is 258 g/mol. The summed E-state index contributed by atoms with van der Waals surface area (Å²) in [7, 11) is 0. The van der Waals surface area contributed by atoms with Crippen molar-refractivity contribution >= 4 is 5.69 Å². The van der Waals surface area contributed by atoms with Gasteiger partial charge in [0.25, 0.3) is 0 Å². The van der Waals surface area contributed by atoms with Gasteiger partial charge in [0.2, 0.25) is 0 Å². The summed E-state index contributed by atoms with van der Waals surface area (Å²) >= 11 is 0. The molecule has 3 rings (SSSR count). The number of nitrogens with one attached hydrogen (secondary N) is 1. The van der Waals surface area contributed by atoms with E-state index in [1.165, 1.54) is 37.7 Å². The highest BCUT2D eigenvalue weighted by Gasteiger charge is 2.24. The minimum Gasteiger partial charge on any atom is -0.508 e. The lowest BCUT2D eigenvalue weighted by atomic mass is 9.81. The summed E-state index contributed by atoms with van der Waals surface area (Å²) in [6.07, 6.45) is 6.59. The molecule has 2 heteroatoms. The molecule has 2 N–H and O–H groups in total. The Hall–Kier alpha value is -1.96. The molecule has 21 heavy (non-hydrogen) atoms. The maximum Gasteiger partial charge on any atom is 0.117 e. The molecule has 2 aromatic carbocycles. The van der Waals surface area contributed by atoms with E-state index in [-0.39, 0.29) is 0 Å². The van der Waals surface area contributed by atoms with Crippen LogP contribution in [0.1, 0.15) is 43.7 Å². The number of rotatable bonds is 4. The van der Waals surface area contributed by atoms with Crippen LogP contribution in [-0.2, 0) is 0 Å². The van der Waals surface area contributed by atoms with Crippen molar-refractivity contribution in [3.05, 3.63) is 60.2 Å². The standard InChI is InChI=1S/C19H23NO/c21-18-13-7-12-17(14-18)20-19(15-8-3-1-4-9-15)16-10-5-2-6-11-16/h1,3-4,7-9,12-14,16,19-21H,2,5-6,10-11H2. The average molecular weight is 281 g/mol. The van der Waals surface area contributed by atoms with Gasteiger partial charge in [-0.25, -0.2) is 0 Å². The van der Waals surface area contributed by atoms with Crippen molar-refractivity contribution in [2.75, 3.05) is 5.32 Å². The molecule has 0 aromatic heterocycles. The topological polar surface area (TPSA) is 32.3 Å². The number of benzene rings is 2. The zero-order valence-corrected chi connectivity index (χ0v) is 12.3. The van der Waals surface area contributed by atoms with Crippen molar-refractivity contribution in [2.24, 2.45) is 5.92 Å². The van der Waals surface area contributed by atoms with E-state index < -0.39 is 0 Å². The van der Waals surface area contributed by atoms with Crippen LogP contribution in [0.4, 0.5) is 5.69 Å². The van der Waals surface area contributed by atoms with Gasteiger partial charge in [-0.1, -0.05) is 55.7 Å². The first-order chi connectivity index (χ1) is 10.3. The van der Waals surface area contributed by atoms with Gasteiger partial charge in [0.1, 0.15) is 5.75 Å². The molecule has 2 aromatic rings. The summed E-state index contributed by atoms with van der Waals surface area (Å²) in [6, 6.07) is 18.4. The first-order valence-electron chi connectivity index (χ1n) is 7.93. The number of phenols is 1. The second-order valence-electron chi connectivity index (χ2n) is 5.98. The Kier molecular flexibility index (Phi) is 4.44. The number of anilines is 1. The molecule has 1 atom stereocenters. The largest absolute Gasteiger partial charge is 0.508 e. The predicted octanol–water partition coefficient (Wildman–Crippen LogP) is 5.13. The minimum atomic E-state index is 0.315. The van der Waals surface area contributed by atoms with Gasteiger partial charge < -0.3 is 10.4 Å². The molecule has 0 saturated heterocycles. The molecule has 2 nitrogen and oxygen atoms in total. The van der Waals surface area contributed by atoms with Gasteiger partial charge in [0.15, 0.2) is 0 Å². The molecule has 110 valence electrons. The van der Waals surface area contributed by atoms with E-state index in [9.17, 15) is 5.11 Å². The second kappa shape index (κ2) is 6.66. The molecule has 1 fully saturated rings. The van der Waals surface area contributed by atoms with Crippen LogP contribution in [0, 0.1) is 5.92 Å². The van der Waals surface area contributed by atoms with Gasteiger partial charge in [0.05, 0.1) is 6.04 Å². The summed E-state index contributed by atoms with van der Waals surface area (Å²) in [5.41, 5.74) is 2.34. The summed E-state index contributed by atoms with van der Waals surface area (Å²) in [5, 5.41) is 13.3. The fourth-order valence-corrected chi connectivity index (χ4v) is 3.38. The van der Waals surface area contributed by atoms with Crippen molar-refractivity contribution in [3.63, 3.8) is 0 Å². The average Bonchev–Trinajstić information content (AvgIpc) is 2.54. The van der Waals surface area contributed by atoms with Gasteiger partial charge in [-0.2, -0.15) is 0 Å². The highest BCUT2D eigenvalue weighted by atomic mass is 16.3. The summed E-state index contributed by atoms with van der Waals surface area (Å²) < 4.78 is 0. The normalized spacial score (nSPS) is 17.3. The fourth-order valence-electron chi connectivity index (χ4n) is 3.38. The highest BCUT2D eigenvalue weighted by molar-refractivity contribution is 5.49. The van der Waals surface area contributed by atoms with E-state index in [4.69, 9.17) is 0 Å². The molecule has 1 aliphatic rings. The third kappa shape index (κ3) is 3.57. The number of aromatic hydroxyl groups is 1. The Morgan fingerprint density at radius 3 is 2.38 bits per heavy atom. The van der Waals surface area contributed by atoms with Crippen LogP contribution < -0.4 is 5.32 Å². The van der Waals surface area contributed by atoms with Crippen LogP contribution >= 0.6 is 0 Å².